The molecule has 3 nitrogen and oxygen atoms in total. The lowest BCUT2D eigenvalue weighted by atomic mass is 10.1. The fraction of sp³-hybridized carbons (Fsp3) is 0.188. The van der Waals surface area contributed by atoms with Crippen LogP contribution >= 0.6 is 0 Å². The van der Waals surface area contributed by atoms with Crippen LogP contribution in [-0.2, 0) is 13.0 Å². The summed E-state index contributed by atoms with van der Waals surface area (Å²) in [5.74, 6) is -0.965. The second-order valence-corrected chi connectivity index (χ2v) is 4.47. The summed E-state index contributed by atoms with van der Waals surface area (Å²) < 4.78 is 32.9. The van der Waals surface area contributed by atoms with E-state index in [0.29, 0.717) is 18.5 Å². The summed E-state index contributed by atoms with van der Waals surface area (Å²) in [6.45, 7) is 0.251. The molecular formula is C16H14F2N2O. The number of nitriles is 1. The van der Waals surface area contributed by atoms with Gasteiger partial charge in [-0.2, -0.15) is 5.26 Å². The highest BCUT2D eigenvalue weighted by atomic mass is 19.1. The third-order valence-electron chi connectivity index (χ3n) is 3.02. The van der Waals surface area contributed by atoms with Crippen LogP contribution in [0.25, 0.3) is 0 Å². The maximum atomic E-state index is 13.8. The monoisotopic (exact) mass is 288 g/mol. The number of para-hydroxylation sites is 1. The first kappa shape index (κ1) is 14.9. The van der Waals surface area contributed by atoms with E-state index in [1.54, 1.807) is 12.1 Å². The third-order valence-corrected chi connectivity index (χ3v) is 3.02. The Morgan fingerprint density at radius 2 is 1.90 bits per heavy atom. The van der Waals surface area contributed by atoms with Crippen molar-refractivity contribution in [2.24, 2.45) is 5.73 Å². The molecule has 0 aromatic heterocycles. The van der Waals surface area contributed by atoms with Gasteiger partial charge in [-0.05, 0) is 36.7 Å². The number of benzene rings is 2. The SMILES string of the molecule is N#Cc1ccc(COc2c(F)cccc2CCN)c(F)c1. The van der Waals surface area contributed by atoms with Gasteiger partial charge in [0.2, 0.25) is 0 Å². The van der Waals surface area contributed by atoms with E-state index in [9.17, 15) is 8.78 Å². The summed E-state index contributed by atoms with van der Waals surface area (Å²) in [6, 6.07) is 10.5. The number of nitrogens with two attached hydrogens (primary N) is 1. The number of nitrogens with zero attached hydrogens (tertiary/aromatic N) is 1. The first-order valence-electron chi connectivity index (χ1n) is 6.44. The Morgan fingerprint density at radius 1 is 1.10 bits per heavy atom. The van der Waals surface area contributed by atoms with Gasteiger partial charge in [-0.25, -0.2) is 8.78 Å². The van der Waals surface area contributed by atoms with E-state index in [0.717, 1.165) is 6.07 Å². The van der Waals surface area contributed by atoms with Crippen molar-refractivity contribution >= 4 is 0 Å². The lowest BCUT2D eigenvalue weighted by Gasteiger charge is -2.12. The molecule has 0 heterocycles. The van der Waals surface area contributed by atoms with Crippen molar-refractivity contribution in [1.82, 2.24) is 0 Å². The van der Waals surface area contributed by atoms with Gasteiger partial charge in [0.25, 0.3) is 0 Å². The number of hydrogen-bond acceptors (Lipinski definition) is 3. The molecule has 0 bridgehead atoms. The van der Waals surface area contributed by atoms with Gasteiger partial charge < -0.3 is 10.5 Å². The molecule has 0 atom stereocenters. The van der Waals surface area contributed by atoms with Gasteiger partial charge in [-0.3, -0.25) is 0 Å². The Labute approximate surface area is 121 Å². The van der Waals surface area contributed by atoms with Gasteiger partial charge in [0.05, 0.1) is 11.6 Å². The van der Waals surface area contributed by atoms with Crippen LogP contribution in [0.5, 0.6) is 5.75 Å². The zero-order valence-electron chi connectivity index (χ0n) is 11.3. The summed E-state index contributed by atoms with van der Waals surface area (Å²) in [5.41, 5.74) is 6.61. The molecule has 0 fully saturated rings. The lowest BCUT2D eigenvalue weighted by molar-refractivity contribution is 0.281. The van der Waals surface area contributed by atoms with Gasteiger partial charge >= 0.3 is 0 Å². The predicted octanol–water partition coefficient (Wildman–Crippen LogP) is 2.92. The van der Waals surface area contributed by atoms with E-state index < -0.39 is 11.6 Å². The van der Waals surface area contributed by atoms with Gasteiger partial charge in [-0.1, -0.05) is 18.2 Å². The van der Waals surface area contributed by atoms with Crippen LogP contribution in [0.3, 0.4) is 0 Å². The average molecular weight is 288 g/mol. The van der Waals surface area contributed by atoms with Gasteiger partial charge in [0.1, 0.15) is 12.4 Å². The highest BCUT2D eigenvalue weighted by molar-refractivity contribution is 5.36. The number of ether oxygens (including phenoxy) is 1. The average Bonchev–Trinajstić information content (AvgIpc) is 2.48. The maximum Gasteiger partial charge on any atom is 0.165 e. The normalized spacial score (nSPS) is 10.2. The first-order chi connectivity index (χ1) is 10.2. The molecule has 0 saturated heterocycles. The summed E-state index contributed by atoms with van der Waals surface area (Å²) in [5, 5.41) is 8.68. The molecular weight excluding hydrogens is 274 g/mol. The second-order valence-electron chi connectivity index (χ2n) is 4.47. The van der Waals surface area contributed by atoms with Gasteiger partial charge in [-0.15, -0.1) is 0 Å². The molecule has 2 rings (SSSR count). The summed E-state index contributed by atoms with van der Waals surface area (Å²) in [6.07, 6.45) is 0.475. The van der Waals surface area contributed by atoms with Crippen molar-refractivity contribution in [3.8, 4) is 11.8 Å². The molecule has 2 aromatic rings. The van der Waals surface area contributed by atoms with Crippen LogP contribution in [-0.4, -0.2) is 6.54 Å². The van der Waals surface area contributed by atoms with E-state index in [2.05, 4.69) is 0 Å². The summed E-state index contributed by atoms with van der Waals surface area (Å²) in [4.78, 5) is 0. The second kappa shape index (κ2) is 6.82. The van der Waals surface area contributed by atoms with Crippen LogP contribution in [0, 0.1) is 23.0 Å². The number of halogens is 2. The van der Waals surface area contributed by atoms with Crippen LogP contribution in [0.2, 0.25) is 0 Å². The molecule has 2 aromatic carbocycles. The first-order valence-corrected chi connectivity index (χ1v) is 6.44. The van der Waals surface area contributed by atoms with Gasteiger partial charge in [0, 0.05) is 5.56 Å². The Morgan fingerprint density at radius 3 is 2.57 bits per heavy atom. The maximum absolute atomic E-state index is 13.8. The molecule has 2 N–H and O–H groups in total. The largest absolute Gasteiger partial charge is 0.485 e. The summed E-state index contributed by atoms with van der Waals surface area (Å²) in [7, 11) is 0. The van der Waals surface area contributed by atoms with Crippen LogP contribution in [0.15, 0.2) is 36.4 Å². The molecule has 0 aliphatic heterocycles. The Bertz CT molecular complexity index is 680. The molecule has 21 heavy (non-hydrogen) atoms. The molecule has 0 aliphatic carbocycles. The van der Waals surface area contributed by atoms with E-state index in [1.807, 2.05) is 6.07 Å². The predicted molar refractivity (Wildman–Crippen MR) is 74.6 cm³/mol. The fourth-order valence-corrected chi connectivity index (χ4v) is 1.95. The molecule has 108 valence electrons. The Kier molecular flexibility index (Phi) is 4.85. The smallest absolute Gasteiger partial charge is 0.165 e. The van der Waals surface area contributed by atoms with Crippen LogP contribution < -0.4 is 10.5 Å². The minimum Gasteiger partial charge on any atom is -0.485 e. The van der Waals surface area contributed by atoms with Crippen LogP contribution in [0.4, 0.5) is 8.78 Å². The Balaban J connectivity index is 2.19. The van der Waals surface area contributed by atoms with E-state index >= 15 is 0 Å². The molecule has 5 heteroatoms. The Hall–Kier alpha value is -2.45. The van der Waals surface area contributed by atoms with E-state index in [-0.39, 0.29) is 23.5 Å². The molecule has 0 unspecified atom stereocenters. The molecule has 0 radical (unpaired) electrons. The van der Waals surface area contributed by atoms with Crippen molar-refractivity contribution in [2.45, 2.75) is 13.0 Å². The molecule has 0 aliphatic rings. The third kappa shape index (κ3) is 3.56. The number of hydrogen-bond donors (Lipinski definition) is 1. The van der Waals surface area contributed by atoms with Crippen molar-refractivity contribution in [3.63, 3.8) is 0 Å². The lowest BCUT2D eigenvalue weighted by Crippen LogP contribution is -2.07. The molecule has 0 saturated carbocycles. The quantitative estimate of drug-likeness (QED) is 0.920. The zero-order valence-corrected chi connectivity index (χ0v) is 11.3. The van der Waals surface area contributed by atoms with Crippen molar-refractivity contribution < 1.29 is 13.5 Å². The van der Waals surface area contributed by atoms with Crippen LogP contribution in [0.1, 0.15) is 16.7 Å². The minimum atomic E-state index is -0.550. The van der Waals surface area contributed by atoms with Crippen molar-refractivity contribution in [1.29, 1.82) is 5.26 Å². The summed E-state index contributed by atoms with van der Waals surface area (Å²) >= 11 is 0. The topological polar surface area (TPSA) is 59.0 Å². The van der Waals surface area contributed by atoms with E-state index in [4.69, 9.17) is 15.7 Å². The van der Waals surface area contributed by atoms with Gasteiger partial charge in [0.15, 0.2) is 11.6 Å². The zero-order chi connectivity index (χ0) is 15.2. The van der Waals surface area contributed by atoms with Crippen molar-refractivity contribution in [2.75, 3.05) is 6.54 Å². The van der Waals surface area contributed by atoms with E-state index in [1.165, 1.54) is 18.2 Å². The highest BCUT2D eigenvalue weighted by Crippen LogP contribution is 2.24. The standard InChI is InChI=1S/C16H14F2N2O/c17-14-3-1-2-12(6-7-19)16(14)21-10-13-5-4-11(9-20)8-15(13)18/h1-5,8H,6-7,10,19H2. The number of rotatable bonds is 5. The fourth-order valence-electron chi connectivity index (χ4n) is 1.95. The minimum absolute atomic E-state index is 0.0895. The molecule has 0 amide bonds. The van der Waals surface area contributed by atoms with Crippen molar-refractivity contribution in [3.05, 3.63) is 64.7 Å². The molecule has 0 spiro atoms. The highest BCUT2D eigenvalue weighted by Gasteiger charge is 2.11.